The van der Waals surface area contributed by atoms with Gasteiger partial charge in [0.05, 0.1) is 6.61 Å². The summed E-state index contributed by atoms with van der Waals surface area (Å²) in [4.78, 5) is 14.9. The maximum Gasteiger partial charge on any atom is 0.254 e. The molecular formula is C21H22N2O2. The van der Waals surface area contributed by atoms with Crippen molar-refractivity contribution in [2.45, 2.75) is 19.5 Å². The Bertz CT molecular complexity index is 913. The summed E-state index contributed by atoms with van der Waals surface area (Å²) in [6.07, 6.45) is 2.98. The van der Waals surface area contributed by atoms with Crippen molar-refractivity contribution in [2.75, 3.05) is 20.3 Å². The van der Waals surface area contributed by atoms with Crippen LogP contribution >= 0.6 is 0 Å². The van der Waals surface area contributed by atoms with Crippen LogP contribution in [0.1, 0.15) is 21.5 Å². The third-order valence-corrected chi connectivity index (χ3v) is 4.98. The minimum Gasteiger partial charge on any atom is -0.383 e. The lowest BCUT2D eigenvalue weighted by Crippen LogP contribution is -2.35. The van der Waals surface area contributed by atoms with Crippen molar-refractivity contribution in [3.05, 3.63) is 71.4 Å². The molecule has 0 saturated heterocycles. The lowest BCUT2D eigenvalue weighted by atomic mass is 9.99. The van der Waals surface area contributed by atoms with Gasteiger partial charge in [0.25, 0.3) is 5.91 Å². The molecule has 0 bridgehead atoms. The fourth-order valence-electron chi connectivity index (χ4n) is 3.55. The zero-order chi connectivity index (χ0) is 17.2. The van der Waals surface area contributed by atoms with Crippen molar-refractivity contribution >= 4 is 16.8 Å². The Morgan fingerprint density at radius 1 is 1.12 bits per heavy atom. The summed E-state index contributed by atoms with van der Waals surface area (Å²) in [6.45, 7) is 2.91. The first kappa shape index (κ1) is 15.9. The SMILES string of the molecule is COCCn1ccc2ccc(C(=O)N3CCc4ccccc4C3)cc21. The van der Waals surface area contributed by atoms with Crippen LogP contribution in [-0.2, 0) is 24.2 Å². The Kier molecular flexibility index (Phi) is 4.28. The zero-order valence-corrected chi connectivity index (χ0v) is 14.4. The summed E-state index contributed by atoms with van der Waals surface area (Å²) in [7, 11) is 1.70. The van der Waals surface area contributed by atoms with Crippen molar-refractivity contribution in [3.8, 4) is 0 Å². The van der Waals surface area contributed by atoms with Crippen molar-refractivity contribution in [2.24, 2.45) is 0 Å². The van der Waals surface area contributed by atoms with Gasteiger partial charge in [0.15, 0.2) is 0 Å². The number of hydrogen-bond donors (Lipinski definition) is 0. The summed E-state index contributed by atoms with van der Waals surface area (Å²) in [6, 6.07) is 16.4. The second-order valence-corrected chi connectivity index (χ2v) is 6.52. The average Bonchev–Trinajstić information content (AvgIpc) is 3.07. The van der Waals surface area contributed by atoms with Crippen LogP contribution in [0.25, 0.3) is 10.9 Å². The number of carbonyl (C=O) groups excluding carboxylic acids is 1. The fourth-order valence-corrected chi connectivity index (χ4v) is 3.55. The molecule has 4 rings (SSSR count). The summed E-state index contributed by atoms with van der Waals surface area (Å²) in [5.41, 5.74) is 4.45. The van der Waals surface area contributed by atoms with E-state index in [1.165, 1.54) is 11.1 Å². The van der Waals surface area contributed by atoms with E-state index in [0.29, 0.717) is 13.2 Å². The van der Waals surface area contributed by atoms with Gasteiger partial charge in [0.1, 0.15) is 0 Å². The predicted molar refractivity (Wildman–Crippen MR) is 98.7 cm³/mol. The monoisotopic (exact) mass is 334 g/mol. The van der Waals surface area contributed by atoms with Gasteiger partial charge in [-0.2, -0.15) is 0 Å². The summed E-state index contributed by atoms with van der Waals surface area (Å²) in [5, 5.41) is 1.15. The van der Waals surface area contributed by atoms with Crippen molar-refractivity contribution in [1.82, 2.24) is 9.47 Å². The van der Waals surface area contributed by atoms with E-state index >= 15 is 0 Å². The predicted octanol–water partition coefficient (Wildman–Crippen LogP) is 3.49. The third-order valence-electron chi connectivity index (χ3n) is 4.98. The molecule has 128 valence electrons. The Hall–Kier alpha value is -2.59. The number of fused-ring (bicyclic) bond motifs is 2. The van der Waals surface area contributed by atoms with Gasteiger partial charge < -0.3 is 14.2 Å². The first-order chi connectivity index (χ1) is 12.3. The number of carbonyl (C=O) groups is 1. The zero-order valence-electron chi connectivity index (χ0n) is 14.4. The largest absolute Gasteiger partial charge is 0.383 e. The van der Waals surface area contributed by atoms with E-state index < -0.39 is 0 Å². The highest BCUT2D eigenvalue weighted by Crippen LogP contribution is 2.23. The maximum absolute atomic E-state index is 13.0. The number of rotatable bonds is 4. The quantitative estimate of drug-likeness (QED) is 0.732. The Morgan fingerprint density at radius 2 is 1.96 bits per heavy atom. The molecule has 2 aromatic carbocycles. The highest BCUT2D eigenvalue weighted by atomic mass is 16.5. The lowest BCUT2D eigenvalue weighted by Gasteiger charge is -2.29. The Balaban J connectivity index is 1.60. The number of benzene rings is 2. The summed E-state index contributed by atoms with van der Waals surface area (Å²) < 4.78 is 7.31. The molecule has 0 aliphatic carbocycles. The molecule has 0 radical (unpaired) electrons. The summed E-state index contributed by atoms with van der Waals surface area (Å²) >= 11 is 0. The number of amides is 1. The molecular weight excluding hydrogens is 312 g/mol. The molecule has 4 heteroatoms. The van der Waals surface area contributed by atoms with Crippen LogP contribution in [0.4, 0.5) is 0 Å². The highest BCUT2D eigenvalue weighted by molar-refractivity contribution is 5.98. The Labute approximate surface area is 147 Å². The van der Waals surface area contributed by atoms with E-state index in [0.717, 1.165) is 36.0 Å². The van der Waals surface area contributed by atoms with E-state index in [-0.39, 0.29) is 5.91 Å². The maximum atomic E-state index is 13.0. The van der Waals surface area contributed by atoms with E-state index in [1.807, 2.05) is 29.2 Å². The van der Waals surface area contributed by atoms with E-state index in [4.69, 9.17) is 4.74 Å². The van der Waals surface area contributed by atoms with Gasteiger partial charge in [-0.1, -0.05) is 30.3 Å². The minimum atomic E-state index is 0.107. The smallest absolute Gasteiger partial charge is 0.254 e. The molecule has 0 fully saturated rings. The van der Waals surface area contributed by atoms with Crippen molar-refractivity contribution < 1.29 is 9.53 Å². The molecule has 0 N–H and O–H groups in total. The number of ether oxygens (including phenoxy) is 1. The van der Waals surface area contributed by atoms with Crippen LogP contribution in [0.5, 0.6) is 0 Å². The highest BCUT2D eigenvalue weighted by Gasteiger charge is 2.21. The second kappa shape index (κ2) is 6.73. The van der Waals surface area contributed by atoms with E-state index in [9.17, 15) is 4.79 Å². The van der Waals surface area contributed by atoms with Gasteiger partial charge in [0, 0.05) is 44.0 Å². The molecule has 0 spiro atoms. The topological polar surface area (TPSA) is 34.5 Å². The van der Waals surface area contributed by atoms with Crippen LogP contribution in [-0.4, -0.2) is 35.6 Å². The summed E-state index contributed by atoms with van der Waals surface area (Å²) in [5.74, 6) is 0.107. The second-order valence-electron chi connectivity index (χ2n) is 6.52. The van der Waals surface area contributed by atoms with Crippen molar-refractivity contribution in [1.29, 1.82) is 0 Å². The van der Waals surface area contributed by atoms with Gasteiger partial charge in [-0.25, -0.2) is 0 Å². The molecule has 0 atom stereocenters. The van der Waals surface area contributed by atoms with Gasteiger partial charge in [0.2, 0.25) is 0 Å². The standard InChI is InChI=1S/C21H22N2O2/c1-25-13-12-22-10-9-17-6-7-18(14-20(17)22)21(24)23-11-8-16-4-2-3-5-19(16)15-23/h2-7,9-10,14H,8,11-13,15H2,1H3. The number of aromatic nitrogens is 1. The first-order valence-electron chi connectivity index (χ1n) is 8.70. The molecule has 2 heterocycles. The minimum absolute atomic E-state index is 0.107. The molecule has 4 nitrogen and oxygen atoms in total. The third kappa shape index (κ3) is 3.05. The van der Waals surface area contributed by atoms with Crippen molar-refractivity contribution in [3.63, 3.8) is 0 Å². The molecule has 1 aliphatic heterocycles. The van der Waals surface area contributed by atoms with Crippen LogP contribution < -0.4 is 0 Å². The first-order valence-corrected chi connectivity index (χ1v) is 8.70. The molecule has 1 aromatic heterocycles. The van der Waals surface area contributed by atoms with E-state index in [1.54, 1.807) is 7.11 Å². The normalized spacial score (nSPS) is 13.9. The van der Waals surface area contributed by atoms with Gasteiger partial charge in [-0.3, -0.25) is 4.79 Å². The number of hydrogen-bond acceptors (Lipinski definition) is 2. The van der Waals surface area contributed by atoms with Gasteiger partial charge >= 0.3 is 0 Å². The molecule has 25 heavy (non-hydrogen) atoms. The van der Waals surface area contributed by atoms with Crippen LogP contribution in [0.15, 0.2) is 54.7 Å². The van der Waals surface area contributed by atoms with E-state index in [2.05, 4.69) is 35.0 Å². The fraction of sp³-hybridized carbons (Fsp3) is 0.286. The van der Waals surface area contributed by atoms with Crippen LogP contribution in [0, 0.1) is 0 Å². The average molecular weight is 334 g/mol. The number of methoxy groups -OCH3 is 1. The molecule has 0 saturated carbocycles. The molecule has 0 unspecified atom stereocenters. The lowest BCUT2D eigenvalue weighted by molar-refractivity contribution is 0.0735. The van der Waals surface area contributed by atoms with Crippen LogP contribution in [0.2, 0.25) is 0 Å². The molecule has 1 aliphatic rings. The van der Waals surface area contributed by atoms with Crippen LogP contribution in [0.3, 0.4) is 0 Å². The Morgan fingerprint density at radius 3 is 2.80 bits per heavy atom. The van der Waals surface area contributed by atoms with Gasteiger partial charge in [-0.15, -0.1) is 0 Å². The molecule has 1 amide bonds. The van der Waals surface area contributed by atoms with Gasteiger partial charge in [-0.05, 0) is 41.1 Å². The number of nitrogens with zero attached hydrogens (tertiary/aromatic N) is 2. The molecule has 3 aromatic rings.